The van der Waals surface area contributed by atoms with E-state index in [9.17, 15) is 4.79 Å². The number of benzene rings is 1. The molecule has 0 radical (unpaired) electrons. The summed E-state index contributed by atoms with van der Waals surface area (Å²) < 4.78 is 1.55. The van der Waals surface area contributed by atoms with Gasteiger partial charge in [-0.3, -0.25) is 9.36 Å². The average molecular weight is 292 g/mol. The molecule has 0 saturated carbocycles. The van der Waals surface area contributed by atoms with Crippen molar-refractivity contribution in [2.45, 2.75) is 32.4 Å². The average Bonchev–Trinajstić information content (AvgIpc) is 2.90. The molecule has 1 aliphatic rings. The molecule has 2 heterocycles. The number of fused-ring (bicyclic) bond motifs is 1. The summed E-state index contributed by atoms with van der Waals surface area (Å²) in [4.78, 5) is 22.0. The fourth-order valence-corrected chi connectivity index (χ4v) is 2.52. The maximum absolute atomic E-state index is 12.4. The summed E-state index contributed by atoms with van der Waals surface area (Å²) in [6.45, 7) is 2.48. The molecule has 2 aromatic rings. The molecule has 0 amide bonds. The molecule has 1 atom stereocenters. The van der Waals surface area contributed by atoms with Gasteiger partial charge < -0.3 is 4.84 Å². The topological polar surface area (TPSA) is 56.5 Å². The Hall–Kier alpha value is -1.88. The lowest BCUT2D eigenvalue weighted by Crippen LogP contribution is -2.27. The summed E-state index contributed by atoms with van der Waals surface area (Å²) in [5, 5.41) is 5.01. The van der Waals surface area contributed by atoms with Crippen LogP contribution in [0.4, 0.5) is 0 Å². The minimum absolute atomic E-state index is 0.0962. The van der Waals surface area contributed by atoms with Gasteiger partial charge in [0.15, 0.2) is 6.10 Å². The first-order valence-corrected chi connectivity index (χ1v) is 6.92. The lowest BCUT2D eigenvalue weighted by Gasteiger charge is -2.11. The summed E-state index contributed by atoms with van der Waals surface area (Å²) in [6, 6.07) is 5.21. The molecule has 1 aromatic heterocycles. The minimum Gasteiger partial charge on any atom is -0.390 e. The maximum atomic E-state index is 12.4. The molecule has 104 valence electrons. The Bertz CT molecular complexity index is 739. The van der Waals surface area contributed by atoms with E-state index in [1.165, 1.54) is 6.33 Å². The van der Waals surface area contributed by atoms with Gasteiger partial charge in [0, 0.05) is 6.42 Å². The first-order valence-electron chi connectivity index (χ1n) is 6.54. The number of aromatic nitrogens is 2. The molecule has 1 aromatic carbocycles. The van der Waals surface area contributed by atoms with Gasteiger partial charge in [-0.25, -0.2) is 4.98 Å². The van der Waals surface area contributed by atoms with E-state index >= 15 is 0 Å². The summed E-state index contributed by atoms with van der Waals surface area (Å²) in [7, 11) is 0. The van der Waals surface area contributed by atoms with Crippen molar-refractivity contribution in [1.29, 1.82) is 0 Å². The largest absolute Gasteiger partial charge is 0.390 e. The van der Waals surface area contributed by atoms with Gasteiger partial charge in [-0.1, -0.05) is 29.7 Å². The van der Waals surface area contributed by atoms with Crippen molar-refractivity contribution in [3.63, 3.8) is 0 Å². The van der Waals surface area contributed by atoms with Crippen LogP contribution < -0.4 is 5.56 Å². The van der Waals surface area contributed by atoms with Crippen LogP contribution in [0.1, 0.15) is 19.8 Å². The van der Waals surface area contributed by atoms with Gasteiger partial charge in [0.25, 0.3) is 5.56 Å². The van der Waals surface area contributed by atoms with Gasteiger partial charge in [0.05, 0.1) is 34.5 Å². The molecule has 0 aliphatic carbocycles. The summed E-state index contributed by atoms with van der Waals surface area (Å²) >= 11 is 6.04. The van der Waals surface area contributed by atoms with Gasteiger partial charge in [-0.15, -0.1) is 0 Å². The highest BCUT2D eigenvalue weighted by Crippen LogP contribution is 2.18. The van der Waals surface area contributed by atoms with Crippen molar-refractivity contribution in [2.75, 3.05) is 0 Å². The molecular weight excluding hydrogens is 278 g/mol. The SMILES string of the molecule is CCC1=NO[C@@H](Cn2cnc3c(Cl)cccc3c2=O)C1. The molecule has 20 heavy (non-hydrogen) atoms. The number of para-hydroxylation sites is 1. The van der Waals surface area contributed by atoms with Gasteiger partial charge in [-0.05, 0) is 18.6 Å². The number of halogens is 1. The third kappa shape index (κ3) is 2.29. The Balaban J connectivity index is 1.90. The smallest absolute Gasteiger partial charge is 0.261 e. The standard InChI is InChI=1S/C14H14ClN3O2/c1-2-9-6-10(20-17-9)7-18-8-16-13-11(14(18)19)4-3-5-12(13)15/h3-5,8,10H,2,6-7H2,1H3/t10-/m1/s1. The van der Waals surface area contributed by atoms with Crippen LogP contribution in [0.3, 0.4) is 0 Å². The molecular formula is C14H14ClN3O2. The molecule has 0 fully saturated rings. The van der Waals surface area contributed by atoms with Crippen molar-refractivity contribution < 1.29 is 4.84 Å². The van der Waals surface area contributed by atoms with E-state index < -0.39 is 0 Å². The molecule has 5 nitrogen and oxygen atoms in total. The normalized spacial score (nSPS) is 18.1. The van der Waals surface area contributed by atoms with Crippen molar-refractivity contribution in [3.05, 3.63) is 39.9 Å². The second-order valence-corrected chi connectivity index (χ2v) is 5.19. The summed E-state index contributed by atoms with van der Waals surface area (Å²) in [5.41, 5.74) is 1.46. The van der Waals surface area contributed by atoms with E-state index in [0.29, 0.717) is 22.5 Å². The second kappa shape index (κ2) is 5.25. The Morgan fingerprint density at radius 1 is 1.50 bits per heavy atom. The minimum atomic E-state index is -0.106. The maximum Gasteiger partial charge on any atom is 0.261 e. The molecule has 3 rings (SSSR count). The van der Waals surface area contributed by atoms with Crippen LogP contribution in [0, 0.1) is 0 Å². The van der Waals surface area contributed by atoms with E-state index in [2.05, 4.69) is 10.1 Å². The van der Waals surface area contributed by atoms with Gasteiger partial charge in [0.1, 0.15) is 0 Å². The van der Waals surface area contributed by atoms with Crippen molar-refractivity contribution >= 4 is 28.2 Å². The van der Waals surface area contributed by atoms with Gasteiger partial charge >= 0.3 is 0 Å². The van der Waals surface area contributed by atoms with Crippen molar-refractivity contribution in [2.24, 2.45) is 5.16 Å². The predicted molar refractivity (Wildman–Crippen MR) is 78.2 cm³/mol. The third-order valence-electron chi connectivity index (χ3n) is 3.41. The number of oxime groups is 1. The molecule has 1 aliphatic heterocycles. The van der Waals surface area contributed by atoms with E-state index in [1.807, 2.05) is 6.92 Å². The second-order valence-electron chi connectivity index (χ2n) is 4.78. The monoisotopic (exact) mass is 291 g/mol. The lowest BCUT2D eigenvalue weighted by molar-refractivity contribution is 0.0716. The quantitative estimate of drug-likeness (QED) is 0.873. The molecule has 0 unspecified atom stereocenters. The van der Waals surface area contributed by atoms with Crippen molar-refractivity contribution in [1.82, 2.24) is 9.55 Å². The fourth-order valence-electron chi connectivity index (χ4n) is 2.30. The zero-order chi connectivity index (χ0) is 14.1. The highest BCUT2D eigenvalue weighted by atomic mass is 35.5. The first-order chi connectivity index (χ1) is 9.69. The van der Waals surface area contributed by atoms with E-state index in [4.69, 9.17) is 16.4 Å². The Labute approximate surface area is 120 Å². The summed E-state index contributed by atoms with van der Waals surface area (Å²) in [5.74, 6) is 0. The van der Waals surface area contributed by atoms with E-state index in [-0.39, 0.29) is 11.7 Å². The summed E-state index contributed by atoms with van der Waals surface area (Å²) in [6.07, 6.45) is 3.05. The third-order valence-corrected chi connectivity index (χ3v) is 3.71. The molecule has 0 bridgehead atoms. The number of nitrogens with zero attached hydrogens (tertiary/aromatic N) is 3. The van der Waals surface area contributed by atoms with Crippen molar-refractivity contribution in [3.8, 4) is 0 Å². The Kier molecular flexibility index (Phi) is 3.44. The zero-order valence-electron chi connectivity index (χ0n) is 11.0. The van der Waals surface area contributed by atoms with Crippen LogP contribution >= 0.6 is 11.6 Å². The van der Waals surface area contributed by atoms with Gasteiger partial charge in [0.2, 0.25) is 0 Å². The molecule has 0 saturated heterocycles. The number of rotatable bonds is 3. The number of hydrogen-bond acceptors (Lipinski definition) is 4. The highest BCUT2D eigenvalue weighted by Gasteiger charge is 2.21. The van der Waals surface area contributed by atoms with Crippen LogP contribution in [0.5, 0.6) is 0 Å². The lowest BCUT2D eigenvalue weighted by atomic mass is 10.1. The fraction of sp³-hybridized carbons (Fsp3) is 0.357. The Morgan fingerprint density at radius 3 is 3.10 bits per heavy atom. The van der Waals surface area contributed by atoms with Crippen LogP contribution in [-0.4, -0.2) is 21.4 Å². The van der Waals surface area contributed by atoms with Crippen LogP contribution in [0.25, 0.3) is 10.9 Å². The van der Waals surface area contributed by atoms with E-state index in [1.54, 1.807) is 22.8 Å². The predicted octanol–water partition coefficient (Wildman–Crippen LogP) is 2.60. The molecule has 0 N–H and O–H groups in total. The zero-order valence-corrected chi connectivity index (χ0v) is 11.8. The Morgan fingerprint density at radius 2 is 2.35 bits per heavy atom. The van der Waals surface area contributed by atoms with Crippen LogP contribution in [0.2, 0.25) is 5.02 Å². The van der Waals surface area contributed by atoms with Crippen LogP contribution in [-0.2, 0) is 11.4 Å². The molecule has 6 heteroatoms. The number of hydrogen-bond donors (Lipinski definition) is 0. The van der Waals surface area contributed by atoms with Crippen LogP contribution in [0.15, 0.2) is 34.5 Å². The van der Waals surface area contributed by atoms with E-state index in [0.717, 1.165) is 18.6 Å². The first kappa shape index (κ1) is 13.1. The molecule has 0 spiro atoms. The highest BCUT2D eigenvalue weighted by molar-refractivity contribution is 6.34. The van der Waals surface area contributed by atoms with Gasteiger partial charge in [-0.2, -0.15) is 0 Å².